The Labute approximate surface area is 171 Å². The molecule has 3 atom stereocenters. The standard InChI is InChI=1S/C21H22F2N2O3S/c1-12(26)25(19-5-4-16(22)9-18(19)23)21-24-17(11-29-21)10-28-20(27)8-15-7-13-2-3-14(15)6-13/h4-5,9,11,13-15H,2-3,6-8,10H2,1H3/t13-,14-,15-/m0/s1. The summed E-state index contributed by atoms with van der Waals surface area (Å²) >= 11 is 1.13. The van der Waals surface area contributed by atoms with E-state index in [-0.39, 0.29) is 23.4 Å². The molecule has 0 unspecified atom stereocenters. The summed E-state index contributed by atoms with van der Waals surface area (Å²) in [6.07, 6.45) is 5.32. The number of halogens is 2. The van der Waals surface area contributed by atoms with Crippen molar-refractivity contribution < 1.29 is 23.1 Å². The number of carbonyl (C=O) groups excluding carboxylic acids is 2. The third-order valence-corrected chi connectivity index (χ3v) is 6.77. The highest BCUT2D eigenvalue weighted by atomic mass is 32.1. The first-order valence-electron chi connectivity index (χ1n) is 9.76. The van der Waals surface area contributed by atoms with Crippen molar-refractivity contribution in [2.75, 3.05) is 4.90 Å². The lowest BCUT2D eigenvalue weighted by Crippen LogP contribution is -2.23. The van der Waals surface area contributed by atoms with Gasteiger partial charge in [-0.1, -0.05) is 6.42 Å². The van der Waals surface area contributed by atoms with E-state index in [1.807, 2.05) is 0 Å². The SMILES string of the molecule is CC(=O)N(c1nc(COC(=O)C[C@@H]2C[C@H]3CC[C@H]2C3)cs1)c1ccc(F)cc1F. The van der Waals surface area contributed by atoms with Crippen LogP contribution >= 0.6 is 11.3 Å². The highest BCUT2D eigenvalue weighted by molar-refractivity contribution is 7.14. The van der Waals surface area contributed by atoms with Crippen LogP contribution in [-0.4, -0.2) is 16.9 Å². The number of esters is 1. The van der Waals surface area contributed by atoms with Gasteiger partial charge in [-0.25, -0.2) is 13.8 Å². The number of thiazole rings is 1. The Kier molecular flexibility index (Phi) is 5.63. The topological polar surface area (TPSA) is 59.5 Å². The summed E-state index contributed by atoms with van der Waals surface area (Å²) in [7, 11) is 0. The van der Waals surface area contributed by atoms with Gasteiger partial charge in [-0.05, 0) is 49.1 Å². The predicted octanol–water partition coefficient (Wildman–Crippen LogP) is 4.98. The normalized spacial score (nSPS) is 22.7. The van der Waals surface area contributed by atoms with Crippen LogP contribution in [0.3, 0.4) is 0 Å². The Bertz CT molecular complexity index is 932. The highest BCUT2D eigenvalue weighted by Gasteiger charge is 2.40. The van der Waals surface area contributed by atoms with Crippen molar-refractivity contribution in [1.29, 1.82) is 0 Å². The number of anilines is 2. The number of rotatable bonds is 6. The number of hydrogen-bond donors (Lipinski definition) is 0. The Morgan fingerprint density at radius 1 is 1.28 bits per heavy atom. The molecule has 0 N–H and O–H groups in total. The molecule has 0 spiro atoms. The molecule has 1 amide bonds. The number of aromatic nitrogens is 1. The first-order valence-corrected chi connectivity index (χ1v) is 10.6. The van der Waals surface area contributed by atoms with Crippen molar-refractivity contribution in [3.05, 3.63) is 40.9 Å². The maximum Gasteiger partial charge on any atom is 0.306 e. The van der Waals surface area contributed by atoms with Crippen LogP contribution in [0, 0.1) is 29.4 Å². The molecule has 2 saturated carbocycles. The molecule has 1 heterocycles. The molecule has 2 aromatic rings. The lowest BCUT2D eigenvalue weighted by Gasteiger charge is -2.20. The summed E-state index contributed by atoms with van der Waals surface area (Å²) in [5.41, 5.74) is 0.410. The van der Waals surface area contributed by atoms with Crippen LogP contribution in [0.2, 0.25) is 0 Å². The van der Waals surface area contributed by atoms with Crippen molar-refractivity contribution in [3.63, 3.8) is 0 Å². The molecule has 1 aromatic carbocycles. The molecule has 0 saturated heterocycles. The molecule has 2 aliphatic carbocycles. The second-order valence-corrected chi connectivity index (χ2v) is 8.71. The van der Waals surface area contributed by atoms with Crippen molar-refractivity contribution >= 4 is 34.0 Å². The van der Waals surface area contributed by atoms with E-state index in [1.165, 1.54) is 32.3 Å². The smallest absolute Gasteiger partial charge is 0.306 e. The number of amides is 1. The number of ether oxygens (including phenoxy) is 1. The Morgan fingerprint density at radius 2 is 2.10 bits per heavy atom. The maximum absolute atomic E-state index is 14.1. The third-order valence-electron chi connectivity index (χ3n) is 5.89. The van der Waals surface area contributed by atoms with Gasteiger partial charge in [-0.15, -0.1) is 11.3 Å². The summed E-state index contributed by atoms with van der Waals surface area (Å²) in [4.78, 5) is 29.6. The minimum atomic E-state index is -0.853. The third kappa shape index (κ3) is 4.32. The molecule has 0 radical (unpaired) electrons. The van der Waals surface area contributed by atoms with Crippen LogP contribution in [0.25, 0.3) is 0 Å². The molecule has 2 aliphatic rings. The number of carbonyl (C=O) groups is 2. The van der Waals surface area contributed by atoms with Crippen LogP contribution in [-0.2, 0) is 20.9 Å². The maximum atomic E-state index is 14.1. The molecule has 5 nitrogen and oxygen atoms in total. The lowest BCUT2D eigenvalue weighted by atomic mass is 9.86. The molecule has 1 aromatic heterocycles. The molecule has 8 heteroatoms. The number of hydrogen-bond acceptors (Lipinski definition) is 5. The second-order valence-electron chi connectivity index (χ2n) is 7.87. The van der Waals surface area contributed by atoms with Crippen LogP contribution in [0.15, 0.2) is 23.6 Å². The van der Waals surface area contributed by atoms with Gasteiger partial charge in [-0.3, -0.25) is 14.5 Å². The summed E-state index contributed by atoms with van der Waals surface area (Å²) in [6.45, 7) is 1.28. The van der Waals surface area contributed by atoms with Crippen molar-refractivity contribution in [2.24, 2.45) is 17.8 Å². The molecular formula is C21H22F2N2O3S. The van der Waals surface area contributed by atoms with Gasteiger partial charge in [0, 0.05) is 24.8 Å². The van der Waals surface area contributed by atoms with E-state index in [1.54, 1.807) is 5.38 Å². The van der Waals surface area contributed by atoms with E-state index in [2.05, 4.69) is 4.98 Å². The molecule has 0 aliphatic heterocycles. The minimum absolute atomic E-state index is 0.00773. The Hall–Kier alpha value is -2.35. The van der Waals surface area contributed by atoms with Gasteiger partial charge in [0.2, 0.25) is 5.91 Å². The molecule has 2 fully saturated rings. The summed E-state index contributed by atoms with van der Waals surface area (Å²) in [6, 6.07) is 3.00. The molecule has 4 rings (SSSR count). The largest absolute Gasteiger partial charge is 0.459 e. The zero-order valence-electron chi connectivity index (χ0n) is 16.1. The van der Waals surface area contributed by atoms with E-state index in [0.717, 1.165) is 40.7 Å². The quantitative estimate of drug-likeness (QED) is 0.619. The fourth-order valence-electron chi connectivity index (χ4n) is 4.59. The first-order chi connectivity index (χ1) is 13.9. The van der Waals surface area contributed by atoms with E-state index in [4.69, 9.17) is 4.74 Å². The monoisotopic (exact) mass is 420 g/mol. The van der Waals surface area contributed by atoms with Crippen LogP contribution in [0.5, 0.6) is 0 Å². The van der Waals surface area contributed by atoms with E-state index in [0.29, 0.717) is 24.0 Å². The number of benzene rings is 1. The number of fused-ring (bicyclic) bond motifs is 2. The number of nitrogens with zero attached hydrogens (tertiary/aromatic N) is 2. The van der Waals surface area contributed by atoms with Crippen molar-refractivity contribution in [1.82, 2.24) is 4.98 Å². The summed E-state index contributed by atoms with van der Waals surface area (Å²) in [5.74, 6) is -0.389. The van der Waals surface area contributed by atoms with E-state index in [9.17, 15) is 18.4 Å². The van der Waals surface area contributed by atoms with Gasteiger partial charge in [0.1, 0.15) is 18.2 Å². The predicted molar refractivity (Wildman–Crippen MR) is 105 cm³/mol. The Morgan fingerprint density at radius 3 is 2.76 bits per heavy atom. The average molecular weight is 420 g/mol. The molecule has 154 valence electrons. The van der Waals surface area contributed by atoms with Gasteiger partial charge in [0.25, 0.3) is 0 Å². The molecule has 29 heavy (non-hydrogen) atoms. The fourth-order valence-corrected chi connectivity index (χ4v) is 5.45. The van der Waals surface area contributed by atoms with Gasteiger partial charge >= 0.3 is 5.97 Å². The first kappa shape index (κ1) is 19.9. The average Bonchev–Trinajstić information content (AvgIpc) is 3.39. The fraction of sp³-hybridized carbons (Fsp3) is 0.476. The van der Waals surface area contributed by atoms with Gasteiger partial charge < -0.3 is 4.74 Å². The van der Waals surface area contributed by atoms with Crippen molar-refractivity contribution in [3.8, 4) is 0 Å². The molecule has 2 bridgehead atoms. The van der Waals surface area contributed by atoms with Gasteiger partial charge in [-0.2, -0.15) is 0 Å². The molecular weight excluding hydrogens is 398 g/mol. The van der Waals surface area contributed by atoms with Crippen LogP contribution in [0.1, 0.15) is 44.7 Å². The zero-order valence-corrected chi connectivity index (χ0v) is 16.9. The van der Waals surface area contributed by atoms with Gasteiger partial charge in [0.15, 0.2) is 5.13 Å². The van der Waals surface area contributed by atoms with Crippen LogP contribution in [0.4, 0.5) is 19.6 Å². The summed E-state index contributed by atoms with van der Waals surface area (Å²) in [5, 5.41) is 1.90. The van der Waals surface area contributed by atoms with E-state index < -0.39 is 17.5 Å². The lowest BCUT2D eigenvalue weighted by molar-refractivity contribution is -0.146. The summed E-state index contributed by atoms with van der Waals surface area (Å²) < 4.78 is 32.7. The Balaban J connectivity index is 1.39. The van der Waals surface area contributed by atoms with Crippen molar-refractivity contribution in [2.45, 2.75) is 45.6 Å². The highest BCUT2D eigenvalue weighted by Crippen LogP contribution is 2.49. The zero-order chi connectivity index (χ0) is 20.5. The second kappa shape index (κ2) is 8.18. The minimum Gasteiger partial charge on any atom is -0.459 e. The van der Waals surface area contributed by atoms with Gasteiger partial charge in [0.05, 0.1) is 11.4 Å². The van der Waals surface area contributed by atoms with E-state index >= 15 is 0 Å². The van der Waals surface area contributed by atoms with Crippen LogP contribution < -0.4 is 4.90 Å².